The molecule has 80 valence electrons. The molecular weight excluding hydrogens is 244 g/mol. The molecule has 2 aromatic heterocycles. The second-order valence-corrected chi connectivity index (χ2v) is 4.78. The van der Waals surface area contributed by atoms with Crippen LogP contribution in [0.15, 0.2) is 17.5 Å². The number of aromatic nitrogens is 2. The van der Waals surface area contributed by atoms with Gasteiger partial charge in [-0.2, -0.15) is 5.26 Å². The van der Waals surface area contributed by atoms with Crippen molar-refractivity contribution in [3.05, 3.63) is 27.4 Å². The van der Waals surface area contributed by atoms with Crippen molar-refractivity contribution >= 4 is 33.7 Å². The summed E-state index contributed by atoms with van der Waals surface area (Å²) >= 11 is 2.57. The molecule has 1 amide bonds. The minimum atomic E-state index is -0.199. The smallest absolute Gasteiger partial charge is 0.267 e. The van der Waals surface area contributed by atoms with Crippen LogP contribution in [0.4, 0.5) is 5.13 Å². The lowest BCUT2D eigenvalue weighted by atomic mass is 10.4. The molecule has 2 aromatic rings. The minimum absolute atomic E-state index is 0.199. The number of amides is 1. The zero-order chi connectivity index (χ0) is 11.4. The molecule has 0 radical (unpaired) electrons. The largest absolute Gasteiger partial charge is 0.296 e. The molecule has 0 aliphatic heterocycles. The van der Waals surface area contributed by atoms with E-state index < -0.39 is 0 Å². The van der Waals surface area contributed by atoms with Crippen LogP contribution in [0.1, 0.15) is 14.7 Å². The Kier molecular flexibility index (Phi) is 3.24. The predicted molar refractivity (Wildman–Crippen MR) is 61.5 cm³/mol. The van der Waals surface area contributed by atoms with Crippen LogP contribution in [0.5, 0.6) is 0 Å². The van der Waals surface area contributed by atoms with Crippen molar-refractivity contribution in [2.24, 2.45) is 0 Å². The van der Waals surface area contributed by atoms with Crippen molar-refractivity contribution < 1.29 is 4.79 Å². The second kappa shape index (κ2) is 4.83. The average Bonchev–Trinajstić information content (AvgIpc) is 2.89. The Morgan fingerprint density at radius 2 is 2.44 bits per heavy atom. The van der Waals surface area contributed by atoms with Crippen molar-refractivity contribution in [3.8, 4) is 6.07 Å². The first-order chi connectivity index (χ1) is 7.79. The number of thiophene rings is 1. The Hall–Kier alpha value is -1.78. The molecule has 5 nitrogen and oxygen atoms in total. The van der Waals surface area contributed by atoms with Gasteiger partial charge in [0, 0.05) is 0 Å². The fourth-order valence-electron chi connectivity index (χ4n) is 1.01. The number of hydrogen-bond acceptors (Lipinski definition) is 6. The van der Waals surface area contributed by atoms with Gasteiger partial charge in [-0.1, -0.05) is 17.4 Å². The Morgan fingerprint density at radius 1 is 1.56 bits per heavy atom. The van der Waals surface area contributed by atoms with Crippen LogP contribution in [0.2, 0.25) is 0 Å². The van der Waals surface area contributed by atoms with Gasteiger partial charge < -0.3 is 0 Å². The van der Waals surface area contributed by atoms with Gasteiger partial charge >= 0.3 is 0 Å². The van der Waals surface area contributed by atoms with Crippen molar-refractivity contribution in [1.29, 1.82) is 5.26 Å². The topological polar surface area (TPSA) is 78.7 Å². The van der Waals surface area contributed by atoms with Crippen molar-refractivity contribution in [3.63, 3.8) is 0 Å². The van der Waals surface area contributed by atoms with Gasteiger partial charge in [-0.15, -0.1) is 21.5 Å². The van der Waals surface area contributed by atoms with Crippen LogP contribution in [0, 0.1) is 11.3 Å². The van der Waals surface area contributed by atoms with E-state index in [9.17, 15) is 4.79 Å². The summed E-state index contributed by atoms with van der Waals surface area (Å²) in [6.07, 6.45) is 0.215. The number of anilines is 1. The standard InChI is InChI=1S/C9H6N4OS2/c10-4-3-7-12-13-9(16-7)11-8(14)6-2-1-5-15-6/h1-2,5H,3H2,(H,11,13,14). The monoisotopic (exact) mass is 250 g/mol. The van der Waals surface area contributed by atoms with Gasteiger partial charge in [0.05, 0.1) is 17.4 Å². The number of carbonyl (C=O) groups excluding carboxylic acids is 1. The summed E-state index contributed by atoms with van der Waals surface area (Å²) in [6.45, 7) is 0. The predicted octanol–water partition coefficient (Wildman–Crippen LogP) is 1.92. The number of carbonyl (C=O) groups is 1. The van der Waals surface area contributed by atoms with Gasteiger partial charge in [-0.3, -0.25) is 10.1 Å². The highest BCUT2D eigenvalue weighted by Crippen LogP contribution is 2.17. The van der Waals surface area contributed by atoms with Gasteiger partial charge in [0.2, 0.25) is 5.13 Å². The number of rotatable bonds is 3. The Bertz CT molecular complexity index is 526. The summed E-state index contributed by atoms with van der Waals surface area (Å²) in [7, 11) is 0. The van der Waals surface area contributed by atoms with E-state index in [0.717, 1.165) is 0 Å². The van der Waals surface area contributed by atoms with Crippen LogP contribution in [-0.2, 0) is 6.42 Å². The van der Waals surface area contributed by atoms with Gasteiger partial charge in [0.1, 0.15) is 5.01 Å². The minimum Gasteiger partial charge on any atom is -0.296 e. The summed E-state index contributed by atoms with van der Waals surface area (Å²) in [6, 6.07) is 5.52. The number of nitriles is 1. The van der Waals surface area contributed by atoms with Crippen LogP contribution in [0.25, 0.3) is 0 Å². The SMILES string of the molecule is N#CCc1nnc(NC(=O)c2cccs2)s1. The van der Waals surface area contributed by atoms with E-state index >= 15 is 0 Å². The van der Waals surface area contributed by atoms with Gasteiger partial charge in [0.25, 0.3) is 5.91 Å². The summed E-state index contributed by atoms with van der Waals surface area (Å²) in [5.41, 5.74) is 0. The molecule has 0 saturated carbocycles. The molecule has 2 heterocycles. The number of hydrogen-bond donors (Lipinski definition) is 1. The molecule has 16 heavy (non-hydrogen) atoms. The first kappa shape index (κ1) is 10.7. The van der Waals surface area contributed by atoms with Gasteiger partial charge in [-0.25, -0.2) is 0 Å². The lowest BCUT2D eigenvalue weighted by molar-refractivity contribution is 0.103. The molecule has 0 unspecified atom stereocenters. The third-order valence-corrected chi connectivity index (χ3v) is 3.37. The molecule has 0 aromatic carbocycles. The second-order valence-electron chi connectivity index (χ2n) is 2.77. The van der Waals surface area contributed by atoms with E-state index in [1.807, 2.05) is 11.4 Å². The molecule has 0 aliphatic carbocycles. The normalized spacial score (nSPS) is 9.69. The third-order valence-electron chi connectivity index (χ3n) is 1.66. The highest BCUT2D eigenvalue weighted by Gasteiger charge is 2.10. The summed E-state index contributed by atoms with van der Waals surface area (Å²) in [5.74, 6) is -0.199. The summed E-state index contributed by atoms with van der Waals surface area (Å²) < 4.78 is 0. The molecule has 7 heteroatoms. The average molecular weight is 250 g/mol. The van der Waals surface area contributed by atoms with Crippen molar-refractivity contribution in [1.82, 2.24) is 10.2 Å². The summed E-state index contributed by atoms with van der Waals surface area (Å²) in [5, 5.41) is 21.5. The molecule has 0 atom stereocenters. The van der Waals surface area contributed by atoms with Crippen LogP contribution >= 0.6 is 22.7 Å². The van der Waals surface area contributed by atoms with Crippen molar-refractivity contribution in [2.45, 2.75) is 6.42 Å². The van der Waals surface area contributed by atoms with E-state index in [2.05, 4.69) is 15.5 Å². The zero-order valence-corrected chi connectivity index (χ0v) is 9.64. The van der Waals surface area contributed by atoms with Crippen LogP contribution in [-0.4, -0.2) is 16.1 Å². The van der Waals surface area contributed by atoms with Crippen LogP contribution in [0.3, 0.4) is 0 Å². The van der Waals surface area contributed by atoms with E-state index in [1.54, 1.807) is 12.1 Å². The fraction of sp³-hybridized carbons (Fsp3) is 0.111. The first-order valence-electron chi connectivity index (χ1n) is 4.34. The molecule has 0 bridgehead atoms. The number of nitrogens with one attached hydrogen (secondary N) is 1. The summed E-state index contributed by atoms with van der Waals surface area (Å²) in [4.78, 5) is 12.2. The van der Waals surface area contributed by atoms with Gasteiger partial charge in [0.15, 0.2) is 0 Å². The quantitative estimate of drug-likeness (QED) is 0.902. The molecule has 0 spiro atoms. The first-order valence-corrected chi connectivity index (χ1v) is 6.03. The molecule has 1 N–H and O–H groups in total. The maximum atomic E-state index is 11.6. The van der Waals surface area contributed by atoms with Crippen LogP contribution < -0.4 is 5.32 Å². The van der Waals surface area contributed by atoms with E-state index in [1.165, 1.54) is 22.7 Å². The molecule has 0 fully saturated rings. The van der Waals surface area contributed by atoms with E-state index in [0.29, 0.717) is 15.0 Å². The Labute approximate surface area is 99.4 Å². The van der Waals surface area contributed by atoms with Crippen molar-refractivity contribution in [2.75, 3.05) is 5.32 Å². The number of nitrogens with zero attached hydrogens (tertiary/aromatic N) is 3. The maximum absolute atomic E-state index is 11.6. The third kappa shape index (κ3) is 2.42. The van der Waals surface area contributed by atoms with E-state index in [-0.39, 0.29) is 12.3 Å². The highest BCUT2D eigenvalue weighted by atomic mass is 32.1. The molecule has 0 saturated heterocycles. The molecule has 0 aliphatic rings. The lowest BCUT2D eigenvalue weighted by Crippen LogP contribution is -2.09. The van der Waals surface area contributed by atoms with E-state index in [4.69, 9.17) is 5.26 Å². The maximum Gasteiger partial charge on any atom is 0.267 e. The Balaban J connectivity index is 2.04. The Morgan fingerprint density at radius 3 is 3.12 bits per heavy atom. The highest BCUT2D eigenvalue weighted by molar-refractivity contribution is 7.15. The lowest BCUT2D eigenvalue weighted by Gasteiger charge is -1.95. The molecular formula is C9H6N4OS2. The molecule has 2 rings (SSSR count). The zero-order valence-electron chi connectivity index (χ0n) is 8.01. The fourth-order valence-corrected chi connectivity index (χ4v) is 2.30. The van der Waals surface area contributed by atoms with Gasteiger partial charge in [-0.05, 0) is 11.4 Å².